The van der Waals surface area contributed by atoms with E-state index in [1.165, 1.54) is 38.5 Å². The highest BCUT2D eigenvalue weighted by atomic mass is 16.3. The SMILES string of the molecule is Cc1c(O)n(C2CCCCC2)n(C2CCCCC2)c1=O. The number of aromatic hydroxyl groups is 1. The van der Waals surface area contributed by atoms with E-state index in [9.17, 15) is 9.90 Å². The van der Waals surface area contributed by atoms with Gasteiger partial charge in [-0.1, -0.05) is 38.5 Å². The van der Waals surface area contributed by atoms with Gasteiger partial charge in [-0.2, -0.15) is 0 Å². The molecule has 0 aliphatic heterocycles. The van der Waals surface area contributed by atoms with Gasteiger partial charge < -0.3 is 5.11 Å². The van der Waals surface area contributed by atoms with E-state index in [1.54, 1.807) is 6.92 Å². The van der Waals surface area contributed by atoms with Gasteiger partial charge in [0.15, 0.2) is 0 Å². The van der Waals surface area contributed by atoms with Crippen LogP contribution in [-0.2, 0) is 0 Å². The zero-order valence-electron chi connectivity index (χ0n) is 12.5. The van der Waals surface area contributed by atoms with E-state index in [1.807, 2.05) is 9.36 Å². The van der Waals surface area contributed by atoms with Crippen LogP contribution in [0.5, 0.6) is 5.88 Å². The standard InChI is InChI=1S/C16H26N2O2/c1-12-15(19)17(13-8-4-2-5-9-13)18(16(12)20)14-10-6-3-7-11-14/h13-14,19H,2-11H2,1H3. The molecule has 0 saturated heterocycles. The number of nitrogens with zero attached hydrogens (tertiary/aromatic N) is 2. The first-order chi connectivity index (χ1) is 9.70. The molecule has 0 unspecified atom stereocenters. The molecule has 0 spiro atoms. The highest BCUT2D eigenvalue weighted by Crippen LogP contribution is 2.35. The van der Waals surface area contributed by atoms with E-state index in [2.05, 4.69) is 0 Å². The third kappa shape index (κ3) is 2.29. The maximum atomic E-state index is 12.5. The number of hydrogen-bond acceptors (Lipinski definition) is 2. The molecule has 4 heteroatoms. The molecule has 20 heavy (non-hydrogen) atoms. The summed E-state index contributed by atoms with van der Waals surface area (Å²) >= 11 is 0. The Labute approximate surface area is 120 Å². The summed E-state index contributed by atoms with van der Waals surface area (Å²) in [5, 5.41) is 10.4. The maximum Gasteiger partial charge on any atom is 0.273 e. The van der Waals surface area contributed by atoms with Crippen molar-refractivity contribution in [3.63, 3.8) is 0 Å². The van der Waals surface area contributed by atoms with Crippen LogP contribution in [0, 0.1) is 6.92 Å². The summed E-state index contributed by atoms with van der Waals surface area (Å²) in [6.45, 7) is 1.76. The first kappa shape index (κ1) is 13.8. The van der Waals surface area contributed by atoms with Crippen molar-refractivity contribution in [2.75, 3.05) is 0 Å². The van der Waals surface area contributed by atoms with Crippen LogP contribution in [0.2, 0.25) is 0 Å². The third-order valence-corrected chi connectivity index (χ3v) is 5.15. The molecule has 2 aliphatic rings. The van der Waals surface area contributed by atoms with Gasteiger partial charge in [0.05, 0.1) is 17.6 Å². The van der Waals surface area contributed by atoms with Gasteiger partial charge in [0.2, 0.25) is 5.88 Å². The molecule has 4 nitrogen and oxygen atoms in total. The largest absolute Gasteiger partial charge is 0.493 e. The molecular formula is C16H26N2O2. The van der Waals surface area contributed by atoms with Crippen LogP contribution >= 0.6 is 0 Å². The van der Waals surface area contributed by atoms with Crippen molar-refractivity contribution in [3.05, 3.63) is 15.9 Å². The molecule has 3 rings (SSSR count). The first-order valence-electron chi connectivity index (χ1n) is 8.22. The topological polar surface area (TPSA) is 47.2 Å². The van der Waals surface area contributed by atoms with Gasteiger partial charge in [0.25, 0.3) is 5.56 Å². The maximum absolute atomic E-state index is 12.5. The highest BCUT2D eigenvalue weighted by Gasteiger charge is 2.28. The molecule has 0 aromatic carbocycles. The minimum Gasteiger partial charge on any atom is -0.493 e. The van der Waals surface area contributed by atoms with Gasteiger partial charge in [-0.05, 0) is 32.6 Å². The molecule has 2 aliphatic carbocycles. The predicted molar refractivity (Wildman–Crippen MR) is 79.3 cm³/mol. The van der Waals surface area contributed by atoms with Crippen molar-refractivity contribution in [1.82, 2.24) is 9.36 Å². The van der Waals surface area contributed by atoms with Crippen LogP contribution in [0.25, 0.3) is 0 Å². The van der Waals surface area contributed by atoms with E-state index in [-0.39, 0.29) is 17.5 Å². The summed E-state index contributed by atoms with van der Waals surface area (Å²) in [5.74, 6) is 0.215. The number of aromatic nitrogens is 2. The Balaban J connectivity index is 2.02. The van der Waals surface area contributed by atoms with Gasteiger partial charge >= 0.3 is 0 Å². The van der Waals surface area contributed by atoms with Gasteiger partial charge in [0, 0.05) is 0 Å². The van der Waals surface area contributed by atoms with Crippen LogP contribution in [0.15, 0.2) is 4.79 Å². The zero-order chi connectivity index (χ0) is 14.1. The summed E-state index contributed by atoms with van der Waals surface area (Å²) < 4.78 is 3.85. The van der Waals surface area contributed by atoms with Crippen LogP contribution < -0.4 is 5.56 Å². The molecule has 1 aromatic rings. The van der Waals surface area contributed by atoms with Crippen molar-refractivity contribution in [2.45, 2.75) is 83.2 Å². The minimum atomic E-state index is 0.0278. The van der Waals surface area contributed by atoms with Crippen molar-refractivity contribution >= 4 is 0 Å². The highest BCUT2D eigenvalue weighted by molar-refractivity contribution is 5.23. The molecule has 1 N–H and O–H groups in total. The fraction of sp³-hybridized carbons (Fsp3) is 0.812. The molecule has 1 heterocycles. The van der Waals surface area contributed by atoms with Crippen molar-refractivity contribution in [3.8, 4) is 5.88 Å². The molecule has 0 radical (unpaired) electrons. The normalized spacial score (nSPS) is 22.2. The van der Waals surface area contributed by atoms with Crippen LogP contribution in [0.1, 0.15) is 81.9 Å². The van der Waals surface area contributed by atoms with Gasteiger partial charge in [-0.3, -0.25) is 4.79 Å². The zero-order valence-corrected chi connectivity index (χ0v) is 12.5. The lowest BCUT2D eigenvalue weighted by molar-refractivity contribution is 0.207. The monoisotopic (exact) mass is 278 g/mol. The van der Waals surface area contributed by atoms with Gasteiger partial charge in [-0.25, -0.2) is 9.36 Å². The minimum absolute atomic E-state index is 0.0278. The Kier molecular flexibility index (Phi) is 3.90. The number of rotatable bonds is 2. The van der Waals surface area contributed by atoms with Crippen LogP contribution in [0.4, 0.5) is 0 Å². The molecule has 0 amide bonds. The summed E-state index contributed by atoms with van der Waals surface area (Å²) in [4.78, 5) is 12.5. The Morgan fingerprint density at radius 3 is 1.80 bits per heavy atom. The van der Waals surface area contributed by atoms with E-state index < -0.39 is 0 Å². The van der Waals surface area contributed by atoms with Crippen LogP contribution in [0.3, 0.4) is 0 Å². The second-order valence-electron chi connectivity index (χ2n) is 6.53. The molecular weight excluding hydrogens is 252 g/mol. The predicted octanol–water partition coefficient (Wildman–Crippen LogP) is 3.67. The molecule has 1 aromatic heterocycles. The van der Waals surface area contributed by atoms with Gasteiger partial charge in [0.1, 0.15) is 0 Å². The fourth-order valence-corrected chi connectivity index (χ4v) is 3.98. The summed E-state index contributed by atoms with van der Waals surface area (Å²) in [5.41, 5.74) is 0.557. The Morgan fingerprint density at radius 1 is 0.850 bits per heavy atom. The van der Waals surface area contributed by atoms with E-state index in [0.717, 1.165) is 25.7 Å². The van der Waals surface area contributed by atoms with Crippen molar-refractivity contribution < 1.29 is 5.11 Å². The fourth-order valence-electron chi connectivity index (χ4n) is 3.98. The Bertz CT molecular complexity index is 517. The summed E-state index contributed by atoms with van der Waals surface area (Å²) in [6, 6.07) is 0.602. The lowest BCUT2D eigenvalue weighted by atomic mass is 9.94. The molecule has 0 atom stereocenters. The second kappa shape index (κ2) is 5.66. The van der Waals surface area contributed by atoms with Crippen molar-refractivity contribution in [2.24, 2.45) is 0 Å². The van der Waals surface area contributed by atoms with E-state index in [4.69, 9.17) is 0 Å². The number of hydrogen-bond donors (Lipinski definition) is 1. The Morgan fingerprint density at radius 2 is 1.30 bits per heavy atom. The molecule has 2 fully saturated rings. The first-order valence-corrected chi connectivity index (χ1v) is 8.22. The molecule has 112 valence electrons. The van der Waals surface area contributed by atoms with E-state index >= 15 is 0 Å². The van der Waals surface area contributed by atoms with Gasteiger partial charge in [-0.15, -0.1) is 0 Å². The average Bonchev–Trinajstić information content (AvgIpc) is 2.73. The van der Waals surface area contributed by atoms with E-state index in [0.29, 0.717) is 11.6 Å². The van der Waals surface area contributed by atoms with Crippen molar-refractivity contribution in [1.29, 1.82) is 0 Å². The molecule has 2 saturated carbocycles. The summed E-state index contributed by atoms with van der Waals surface area (Å²) in [6.07, 6.45) is 11.7. The lowest BCUT2D eigenvalue weighted by Crippen LogP contribution is -2.32. The average molecular weight is 278 g/mol. The smallest absolute Gasteiger partial charge is 0.273 e. The molecule has 0 bridgehead atoms. The van der Waals surface area contributed by atoms with Crippen LogP contribution in [-0.4, -0.2) is 14.5 Å². The summed E-state index contributed by atoms with van der Waals surface area (Å²) in [7, 11) is 0. The Hall–Kier alpha value is -1.19. The second-order valence-corrected chi connectivity index (χ2v) is 6.53. The lowest BCUT2D eigenvalue weighted by Gasteiger charge is -2.31. The third-order valence-electron chi connectivity index (χ3n) is 5.15. The quantitative estimate of drug-likeness (QED) is 0.897.